The van der Waals surface area contributed by atoms with Crippen molar-refractivity contribution in [3.63, 3.8) is 0 Å². The number of sulfonamides is 2. The summed E-state index contributed by atoms with van der Waals surface area (Å²) in [6.07, 6.45) is 7.20. The molecule has 0 bridgehead atoms. The molecule has 0 fully saturated rings. The van der Waals surface area contributed by atoms with Crippen LogP contribution in [0.3, 0.4) is 0 Å². The Kier molecular flexibility index (Phi) is 25.7. The van der Waals surface area contributed by atoms with Gasteiger partial charge in [-0.15, -0.1) is 0 Å². The van der Waals surface area contributed by atoms with Gasteiger partial charge in [0.05, 0.1) is 63.0 Å². The van der Waals surface area contributed by atoms with Crippen LogP contribution in [0.4, 0.5) is 9.59 Å². The molecule has 0 saturated carbocycles. The van der Waals surface area contributed by atoms with E-state index in [4.69, 9.17) is 53.8 Å². The van der Waals surface area contributed by atoms with Crippen molar-refractivity contribution >= 4 is 66.9 Å². The molecule has 3 aromatic rings. The highest BCUT2D eigenvalue weighted by atomic mass is 35.5. The van der Waals surface area contributed by atoms with Crippen molar-refractivity contribution in [3.05, 3.63) is 121 Å². The standard InChI is InChI=1S/C50H71Cl3N8O10S2/c1-35-26-42(45(32-54-3)47(52)27-35)36(2)37-8-6-10-40(28-37)72(64,65)60-16-20-70-24-22-68-18-14-58-49(62)56-12-4-5-13-57-50(63)59-15-19-69-23-25-71-21-17-61-73(66,67)41-11-7-9-38(29-41)44-33-55-34-46-43(44)30-39(51)31-48(46)53/h6-11,26-27,29-31,36,40,44,54-55,60-61H,4-5,12-25,28,32-34H2,1-3H3,(H2,56,58,62)(H2,57,59,63)/t36-,40?,44-/m0/s1. The summed E-state index contributed by atoms with van der Waals surface area (Å²) in [5, 5.41) is 18.6. The van der Waals surface area contributed by atoms with E-state index >= 15 is 0 Å². The molecule has 8 N–H and O–H groups in total. The maximum atomic E-state index is 13.2. The fourth-order valence-corrected chi connectivity index (χ4v) is 11.6. The van der Waals surface area contributed by atoms with E-state index in [2.05, 4.69) is 54.3 Å². The van der Waals surface area contributed by atoms with E-state index < -0.39 is 25.3 Å². The third-order valence-corrected chi connectivity index (χ3v) is 16.2. The minimum atomic E-state index is -3.79. The van der Waals surface area contributed by atoms with E-state index in [1.807, 2.05) is 44.3 Å². The fraction of sp³-hybridized carbons (Fsp3) is 0.520. The number of carbonyl (C=O) groups is 2. The SMILES string of the molecule is CNCc1c(Cl)cc(C)cc1[C@@H](C)C1=CC=CC(S(=O)(=O)NCCOCCOCCNC(=O)NCCCCNC(=O)NCCOCCOCCNS(=O)(=O)c2cccc([C@@H]3CNCc4c(Cl)cc(Cl)cc43)c2)C1. The van der Waals surface area contributed by atoms with E-state index in [0.717, 1.165) is 39.0 Å². The van der Waals surface area contributed by atoms with Crippen LogP contribution in [-0.2, 0) is 52.1 Å². The maximum absolute atomic E-state index is 13.2. The highest BCUT2D eigenvalue weighted by Gasteiger charge is 2.29. The Morgan fingerprint density at radius 1 is 0.740 bits per heavy atom. The van der Waals surface area contributed by atoms with Crippen LogP contribution >= 0.6 is 34.8 Å². The molecule has 0 radical (unpaired) electrons. The lowest BCUT2D eigenvalue weighted by molar-refractivity contribution is 0.0516. The molecule has 3 atom stereocenters. The average molecular weight is 1110 g/mol. The van der Waals surface area contributed by atoms with Crippen molar-refractivity contribution in [1.82, 2.24) is 41.3 Å². The summed E-state index contributed by atoms with van der Waals surface area (Å²) in [5.41, 5.74) is 6.94. The van der Waals surface area contributed by atoms with Crippen LogP contribution in [0.5, 0.6) is 0 Å². The van der Waals surface area contributed by atoms with Crippen molar-refractivity contribution in [1.29, 1.82) is 0 Å². The van der Waals surface area contributed by atoms with Crippen LogP contribution in [0, 0.1) is 6.92 Å². The molecule has 1 unspecified atom stereocenters. The van der Waals surface area contributed by atoms with E-state index in [0.29, 0.717) is 80.1 Å². The van der Waals surface area contributed by atoms with E-state index in [1.54, 1.807) is 30.3 Å². The first-order valence-electron chi connectivity index (χ1n) is 24.5. The van der Waals surface area contributed by atoms with Crippen molar-refractivity contribution in [2.24, 2.45) is 0 Å². The minimum Gasteiger partial charge on any atom is -0.378 e. The van der Waals surface area contributed by atoms with Gasteiger partial charge in [0.15, 0.2) is 0 Å². The number of urea groups is 2. The van der Waals surface area contributed by atoms with Crippen LogP contribution in [0.15, 0.2) is 77.2 Å². The van der Waals surface area contributed by atoms with E-state index in [9.17, 15) is 26.4 Å². The van der Waals surface area contributed by atoms with Gasteiger partial charge < -0.3 is 50.8 Å². The molecule has 3 aromatic carbocycles. The van der Waals surface area contributed by atoms with E-state index in [-0.39, 0.29) is 94.7 Å². The number of aryl methyl sites for hydroxylation is 1. The maximum Gasteiger partial charge on any atom is 0.314 e. The first-order chi connectivity index (χ1) is 35.1. The van der Waals surface area contributed by atoms with Gasteiger partial charge in [-0.05, 0) is 96.9 Å². The monoisotopic (exact) mass is 1110 g/mol. The van der Waals surface area contributed by atoms with Gasteiger partial charge in [0.25, 0.3) is 0 Å². The summed E-state index contributed by atoms with van der Waals surface area (Å²) in [6, 6.07) is 13.8. The topological polar surface area (TPSA) is 236 Å². The Morgan fingerprint density at radius 2 is 1.34 bits per heavy atom. The molecule has 23 heteroatoms. The van der Waals surface area contributed by atoms with Gasteiger partial charge in [-0.3, -0.25) is 0 Å². The Labute approximate surface area is 445 Å². The molecule has 18 nitrogen and oxygen atoms in total. The highest BCUT2D eigenvalue weighted by Crippen LogP contribution is 2.38. The molecule has 2 aliphatic rings. The summed E-state index contributed by atoms with van der Waals surface area (Å²) in [6.45, 7) is 9.54. The average Bonchev–Trinajstić information content (AvgIpc) is 3.36. The number of nitrogens with one attached hydrogen (secondary N) is 8. The van der Waals surface area contributed by atoms with Crippen molar-refractivity contribution < 1.29 is 45.4 Å². The number of allylic oxidation sites excluding steroid dienone is 3. The summed E-state index contributed by atoms with van der Waals surface area (Å²) in [4.78, 5) is 24.3. The molecule has 1 aliphatic carbocycles. The Balaban J connectivity index is 0.789. The summed E-state index contributed by atoms with van der Waals surface area (Å²) < 4.78 is 79.8. The molecule has 73 heavy (non-hydrogen) atoms. The molecule has 0 saturated heterocycles. The van der Waals surface area contributed by atoms with Gasteiger partial charge in [0, 0.05) is 85.8 Å². The highest BCUT2D eigenvalue weighted by molar-refractivity contribution is 7.90. The molecule has 0 spiro atoms. The van der Waals surface area contributed by atoms with Crippen LogP contribution < -0.4 is 41.3 Å². The number of halogens is 3. The second-order valence-electron chi connectivity index (χ2n) is 17.5. The Hall–Kier alpha value is -3.87. The van der Waals surface area contributed by atoms with Gasteiger partial charge in [0.1, 0.15) is 0 Å². The fourth-order valence-electron chi connectivity index (χ4n) is 8.31. The molecule has 1 aliphatic heterocycles. The summed E-state index contributed by atoms with van der Waals surface area (Å²) >= 11 is 19.3. The van der Waals surface area contributed by atoms with Crippen molar-refractivity contribution in [2.75, 3.05) is 106 Å². The van der Waals surface area contributed by atoms with Crippen LogP contribution in [0.1, 0.15) is 71.4 Å². The number of carbonyl (C=O) groups excluding carboxylic acids is 2. The molecular formula is C50H71Cl3N8O10S2. The third-order valence-electron chi connectivity index (χ3n) is 12.1. The van der Waals surface area contributed by atoms with Crippen LogP contribution in [-0.4, -0.2) is 140 Å². The largest absolute Gasteiger partial charge is 0.378 e. The number of unbranched alkanes of at least 4 members (excludes halogenated alkanes) is 1. The summed E-state index contributed by atoms with van der Waals surface area (Å²) in [5.74, 6) is -0.116. The third kappa shape index (κ3) is 20.0. The predicted molar refractivity (Wildman–Crippen MR) is 287 cm³/mol. The second kappa shape index (κ2) is 31.2. The number of fused-ring (bicyclic) bond motifs is 1. The van der Waals surface area contributed by atoms with E-state index in [1.165, 1.54) is 0 Å². The van der Waals surface area contributed by atoms with Gasteiger partial charge in [-0.1, -0.05) is 83.7 Å². The first kappa shape index (κ1) is 60.0. The first-order valence-corrected chi connectivity index (χ1v) is 28.7. The number of ether oxygens (including phenoxy) is 4. The smallest absolute Gasteiger partial charge is 0.314 e. The van der Waals surface area contributed by atoms with Gasteiger partial charge in [-0.25, -0.2) is 35.9 Å². The van der Waals surface area contributed by atoms with Gasteiger partial charge in [0.2, 0.25) is 20.0 Å². The number of rotatable bonds is 32. The molecule has 4 amide bonds. The molecular weight excluding hydrogens is 1040 g/mol. The zero-order chi connectivity index (χ0) is 52.6. The lowest BCUT2D eigenvalue weighted by Crippen LogP contribution is -2.39. The number of amides is 4. The van der Waals surface area contributed by atoms with Crippen molar-refractivity contribution in [3.8, 4) is 0 Å². The molecule has 0 aromatic heterocycles. The normalized spacial score (nSPS) is 16.1. The van der Waals surface area contributed by atoms with Gasteiger partial charge >= 0.3 is 12.1 Å². The molecule has 404 valence electrons. The number of hydrogen-bond donors (Lipinski definition) is 8. The lowest BCUT2D eigenvalue weighted by Gasteiger charge is -2.28. The predicted octanol–water partition coefficient (Wildman–Crippen LogP) is 5.61. The number of hydrogen-bond acceptors (Lipinski definition) is 12. The second-order valence-corrected chi connectivity index (χ2v) is 22.5. The minimum absolute atomic E-state index is 0.00859. The Morgan fingerprint density at radius 3 is 1.97 bits per heavy atom. The molecule has 5 rings (SSSR count). The quantitative estimate of drug-likeness (QED) is 0.0357. The zero-order valence-corrected chi connectivity index (χ0v) is 45.7. The molecule has 1 heterocycles. The van der Waals surface area contributed by atoms with Crippen molar-refractivity contribution in [2.45, 2.75) is 68.2 Å². The van der Waals surface area contributed by atoms with Gasteiger partial charge in [-0.2, -0.15) is 0 Å². The lowest BCUT2D eigenvalue weighted by atomic mass is 9.84. The van der Waals surface area contributed by atoms with Crippen LogP contribution in [0.25, 0.3) is 0 Å². The zero-order valence-electron chi connectivity index (χ0n) is 41.8. The van der Waals surface area contributed by atoms with Crippen LogP contribution in [0.2, 0.25) is 15.1 Å². The number of benzene rings is 3. The summed E-state index contributed by atoms with van der Waals surface area (Å²) in [7, 11) is -5.55. The Bertz CT molecular complexity index is 2560.